The van der Waals surface area contributed by atoms with Crippen molar-refractivity contribution >= 4 is 24.0 Å². The number of hydrogen-bond acceptors (Lipinski definition) is 5. The summed E-state index contributed by atoms with van der Waals surface area (Å²) in [7, 11) is 0. The molecule has 0 amide bonds. The molecule has 2 N–H and O–H groups in total. The zero-order valence-electron chi connectivity index (χ0n) is 12.4. The molecule has 7 heteroatoms. The highest BCUT2D eigenvalue weighted by Crippen LogP contribution is 2.21. The molecule has 5 nitrogen and oxygen atoms in total. The third-order valence-corrected chi connectivity index (χ3v) is 4.20. The van der Waals surface area contributed by atoms with Gasteiger partial charge < -0.3 is 10.3 Å². The Morgan fingerprint density at radius 2 is 2.27 bits per heavy atom. The van der Waals surface area contributed by atoms with E-state index in [1.54, 1.807) is 0 Å². The number of benzene rings is 1. The first kappa shape index (κ1) is 17.2. The molecule has 0 spiro atoms. The van der Waals surface area contributed by atoms with Crippen LogP contribution in [0, 0.1) is 5.92 Å². The standard InChI is InChI=1S/C15H19ClN4O.ClH/c1-10-8-20(6-5-13(10)17)9-14-18-15(19-21-14)11-3-2-4-12(16)7-11;/h2-4,7,10,13H,5-6,8-9,17H2,1H3;1H. The van der Waals surface area contributed by atoms with Gasteiger partial charge in [-0.05, 0) is 24.5 Å². The van der Waals surface area contributed by atoms with E-state index in [2.05, 4.69) is 22.0 Å². The molecule has 22 heavy (non-hydrogen) atoms. The Bertz CT molecular complexity index is 619. The maximum Gasteiger partial charge on any atom is 0.241 e. The highest BCUT2D eigenvalue weighted by Gasteiger charge is 2.24. The van der Waals surface area contributed by atoms with E-state index >= 15 is 0 Å². The van der Waals surface area contributed by atoms with Crippen LogP contribution < -0.4 is 5.73 Å². The Hall–Kier alpha value is -1.14. The molecule has 2 atom stereocenters. The second kappa shape index (κ2) is 7.42. The Balaban J connectivity index is 0.00000176. The van der Waals surface area contributed by atoms with Crippen LogP contribution in [0.25, 0.3) is 11.4 Å². The predicted octanol–water partition coefficient (Wildman–Crippen LogP) is 2.98. The van der Waals surface area contributed by atoms with Crippen LogP contribution in [-0.4, -0.2) is 34.2 Å². The van der Waals surface area contributed by atoms with Crippen LogP contribution in [-0.2, 0) is 6.54 Å². The zero-order chi connectivity index (χ0) is 14.8. The maximum absolute atomic E-state index is 6.04. The molecule has 1 saturated heterocycles. The Kier molecular flexibility index (Phi) is 5.81. The summed E-state index contributed by atoms with van der Waals surface area (Å²) in [6.45, 7) is 4.79. The van der Waals surface area contributed by atoms with Crippen molar-refractivity contribution in [1.82, 2.24) is 15.0 Å². The molecular formula is C15H20Cl2N4O. The number of hydrogen-bond donors (Lipinski definition) is 1. The van der Waals surface area contributed by atoms with Crippen molar-refractivity contribution in [3.63, 3.8) is 0 Å². The topological polar surface area (TPSA) is 68.2 Å². The van der Waals surface area contributed by atoms with Gasteiger partial charge in [0, 0.05) is 29.7 Å². The number of halogens is 2. The lowest BCUT2D eigenvalue weighted by Crippen LogP contribution is -2.45. The molecule has 1 aromatic carbocycles. The van der Waals surface area contributed by atoms with E-state index in [9.17, 15) is 0 Å². The fourth-order valence-corrected chi connectivity index (χ4v) is 2.84. The van der Waals surface area contributed by atoms with Crippen LogP contribution in [0.4, 0.5) is 0 Å². The van der Waals surface area contributed by atoms with Gasteiger partial charge in [-0.1, -0.05) is 35.8 Å². The third-order valence-electron chi connectivity index (χ3n) is 3.97. The number of likely N-dealkylation sites (tertiary alicyclic amines) is 1. The van der Waals surface area contributed by atoms with Crippen molar-refractivity contribution in [2.24, 2.45) is 11.7 Å². The van der Waals surface area contributed by atoms with Crippen LogP contribution in [0.1, 0.15) is 19.2 Å². The van der Waals surface area contributed by atoms with Crippen molar-refractivity contribution in [2.75, 3.05) is 13.1 Å². The second-order valence-electron chi connectivity index (χ2n) is 5.69. The van der Waals surface area contributed by atoms with Crippen LogP contribution in [0.5, 0.6) is 0 Å². The molecule has 0 bridgehead atoms. The van der Waals surface area contributed by atoms with Crippen molar-refractivity contribution in [1.29, 1.82) is 0 Å². The normalized spacial score (nSPS) is 22.3. The van der Waals surface area contributed by atoms with Gasteiger partial charge in [0.1, 0.15) is 0 Å². The highest BCUT2D eigenvalue weighted by atomic mass is 35.5. The highest BCUT2D eigenvalue weighted by molar-refractivity contribution is 6.30. The van der Waals surface area contributed by atoms with E-state index in [-0.39, 0.29) is 12.4 Å². The average molecular weight is 343 g/mol. The van der Waals surface area contributed by atoms with Gasteiger partial charge >= 0.3 is 0 Å². The third kappa shape index (κ3) is 3.98. The fourth-order valence-electron chi connectivity index (χ4n) is 2.65. The van der Waals surface area contributed by atoms with Crippen LogP contribution in [0.3, 0.4) is 0 Å². The fraction of sp³-hybridized carbons (Fsp3) is 0.467. The van der Waals surface area contributed by atoms with Crippen LogP contribution >= 0.6 is 24.0 Å². The van der Waals surface area contributed by atoms with Gasteiger partial charge in [0.15, 0.2) is 0 Å². The first-order valence-electron chi connectivity index (χ1n) is 7.18. The average Bonchev–Trinajstić information content (AvgIpc) is 2.91. The monoisotopic (exact) mass is 342 g/mol. The van der Waals surface area contributed by atoms with E-state index in [0.717, 1.165) is 25.1 Å². The van der Waals surface area contributed by atoms with E-state index in [0.29, 0.717) is 35.2 Å². The molecule has 1 aromatic heterocycles. The van der Waals surface area contributed by atoms with Crippen LogP contribution in [0.15, 0.2) is 28.8 Å². The Morgan fingerprint density at radius 3 is 3.00 bits per heavy atom. The largest absolute Gasteiger partial charge is 0.338 e. The van der Waals surface area contributed by atoms with Gasteiger partial charge in [0.25, 0.3) is 0 Å². The lowest BCUT2D eigenvalue weighted by molar-refractivity contribution is 0.142. The van der Waals surface area contributed by atoms with Gasteiger partial charge in [-0.3, -0.25) is 4.90 Å². The number of piperidine rings is 1. The molecule has 2 aromatic rings. The van der Waals surface area contributed by atoms with Gasteiger partial charge in [-0.2, -0.15) is 4.98 Å². The molecule has 0 radical (unpaired) electrons. The molecule has 0 aliphatic carbocycles. The Labute approximate surface area is 141 Å². The minimum absolute atomic E-state index is 0. The van der Waals surface area contributed by atoms with Gasteiger partial charge in [0.05, 0.1) is 6.54 Å². The molecule has 2 unspecified atom stereocenters. The number of nitrogens with two attached hydrogens (primary N) is 1. The van der Waals surface area contributed by atoms with Crippen molar-refractivity contribution in [3.05, 3.63) is 35.2 Å². The zero-order valence-corrected chi connectivity index (χ0v) is 14.0. The van der Waals surface area contributed by atoms with Gasteiger partial charge in [0.2, 0.25) is 11.7 Å². The van der Waals surface area contributed by atoms with E-state index < -0.39 is 0 Å². The molecule has 2 heterocycles. The number of nitrogens with zero attached hydrogens (tertiary/aromatic N) is 3. The minimum Gasteiger partial charge on any atom is -0.338 e. The van der Waals surface area contributed by atoms with E-state index in [1.165, 1.54) is 0 Å². The summed E-state index contributed by atoms with van der Waals surface area (Å²) in [5.41, 5.74) is 6.90. The lowest BCUT2D eigenvalue weighted by atomic mass is 9.95. The van der Waals surface area contributed by atoms with Crippen LogP contribution in [0.2, 0.25) is 5.02 Å². The first-order valence-corrected chi connectivity index (χ1v) is 7.56. The van der Waals surface area contributed by atoms with E-state index in [1.807, 2.05) is 24.3 Å². The van der Waals surface area contributed by atoms with Crippen molar-refractivity contribution in [2.45, 2.75) is 25.9 Å². The summed E-state index contributed by atoms with van der Waals surface area (Å²) in [6.07, 6.45) is 1.01. The summed E-state index contributed by atoms with van der Waals surface area (Å²) < 4.78 is 5.35. The Morgan fingerprint density at radius 1 is 1.45 bits per heavy atom. The van der Waals surface area contributed by atoms with E-state index in [4.69, 9.17) is 21.9 Å². The molecule has 3 rings (SSSR count). The minimum atomic E-state index is 0. The lowest BCUT2D eigenvalue weighted by Gasteiger charge is -2.34. The van der Waals surface area contributed by atoms with Crippen molar-refractivity contribution in [3.8, 4) is 11.4 Å². The summed E-state index contributed by atoms with van der Waals surface area (Å²) in [5, 5.41) is 4.70. The first-order chi connectivity index (χ1) is 10.1. The summed E-state index contributed by atoms with van der Waals surface area (Å²) in [4.78, 5) is 6.76. The molecule has 1 fully saturated rings. The molecular weight excluding hydrogens is 323 g/mol. The second-order valence-corrected chi connectivity index (χ2v) is 6.12. The predicted molar refractivity (Wildman–Crippen MR) is 89.0 cm³/mol. The van der Waals surface area contributed by atoms with Gasteiger partial charge in [-0.25, -0.2) is 0 Å². The quantitative estimate of drug-likeness (QED) is 0.928. The molecule has 120 valence electrons. The van der Waals surface area contributed by atoms with Crippen molar-refractivity contribution < 1.29 is 4.52 Å². The molecule has 0 saturated carbocycles. The maximum atomic E-state index is 6.04. The number of aromatic nitrogens is 2. The molecule has 1 aliphatic rings. The number of rotatable bonds is 3. The SMILES string of the molecule is CC1CN(Cc2nc(-c3cccc(Cl)c3)no2)CCC1N.Cl. The summed E-state index contributed by atoms with van der Waals surface area (Å²) >= 11 is 5.98. The summed E-state index contributed by atoms with van der Waals surface area (Å²) in [5.74, 6) is 1.70. The molecule has 1 aliphatic heterocycles. The van der Waals surface area contributed by atoms with Gasteiger partial charge in [-0.15, -0.1) is 12.4 Å². The summed E-state index contributed by atoms with van der Waals surface area (Å²) in [6, 6.07) is 7.75. The smallest absolute Gasteiger partial charge is 0.241 e.